The fourth-order valence-corrected chi connectivity index (χ4v) is 3.15. The molecule has 0 spiro atoms. The van der Waals surface area contributed by atoms with E-state index < -0.39 is 0 Å². The van der Waals surface area contributed by atoms with Gasteiger partial charge >= 0.3 is 0 Å². The minimum Gasteiger partial charge on any atom is -0.324 e. The van der Waals surface area contributed by atoms with Crippen molar-refractivity contribution in [3.8, 4) is 0 Å². The van der Waals surface area contributed by atoms with E-state index in [0.29, 0.717) is 5.92 Å². The van der Waals surface area contributed by atoms with Crippen LogP contribution >= 0.6 is 0 Å². The zero-order valence-corrected chi connectivity index (χ0v) is 14.8. The standard InChI is InChI=1S/C21H22N4/c1-14(2)16-8-10-17(11-9-16)19-12-20(18-6-4-15(3)5-7-18)25-21(24-19)22-13-23-25/h4-14,20H,1-3H3,(H,22,23,24). The smallest absolute Gasteiger partial charge is 0.226 e. The van der Waals surface area contributed by atoms with E-state index >= 15 is 0 Å². The van der Waals surface area contributed by atoms with Crippen LogP contribution in [-0.4, -0.2) is 14.8 Å². The molecule has 0 aliphatic carbocycles. The average Bonchev–Trinajstić information content (AvgIpc) is 3.10. The van der Waals surface area contributed by atoms with Crippen LogP contribution in [0.4, 0.5) is 5.95 Å². The zero-order valence-electron chi connectivity index (χ0n) is 14.8. The van der Waals surface area contributed by atoms with E-state index in [1.54, 1.807) is 6.33 Å². The molecule has 1 N–H and O–H groups in total. The van der Waals surface area contributed by atoms with Gasteiger partial charge in [0.25, 0.3) is 0 Å². The van der Waals surface area contributed by atoms with Crippen molar-refractivity contribution in [3.05, 3.63) is 83.2 Å². The fraction of sp³-hybridized carbons (Fsp3) is 0.238. The third kappa shape index (κ3) is 2.95. The van der Waals surface area contributed by atoms with Crippen molar-refractivity contribution in [2.45, 2.75) is 32.7 Å². The first-order chi connectivity index (χ1) is 12.1. The van der Waals surface area contributed by atoms with Gasteiger partial charge in [0, 0.05) is 5.70 Å². The molecule has 1 aromatic heterocycles. The number of anilines is 1. The van der Waals surface area contributed by atoms with Crippen molar-refractivity contribution in [3.63, 3.8) is 0 Å². The van der Waals surface area contributed by atoms with Gasteiger partial charge in [-0.15, -0.1) is 0 Å². The van der Waals surface area contributed by atoms with Crippen LogP contribution in [0.25, 0.3) is 5.70 Å². The van der Waals surface area contributed by atoms with E-state index in [9.17, 15) is 0 Å². The van der Waals surface area contributed by atoms with Crippen molar-refractivity contribution < 1.29 is 0 Å². The summed E-state index contributed by atoms with van der Waals surface area (Å²) in [6, 6.07) is 17.4. The Morgan fingerprint density at radius 2 is 1.72 bits per heavy atom. The number of benzene rings is 2. The molecule has 4 nitrogen and oxygen atoms in total. The molecular formula is C21H22N4. The lowest BCUT2D eigenvalue weighted by Crippen LogP contribution is -2.20. The van der Waals surface area contributed by atoms with Crippen molar-refractivity contribution in [1.29, 1.82) is 0 Å². The Kier molecular flexibility index (Phi) is 3.88. The molecule has 1 atom stereocenters. The molecule has 0 amide bonds. The molecule has 0 bridgehead atoms. The van der Waals surface area contributed by atoms with Crippen molar-refractivity contribution >= 4 is 11.6 Å². The van der Waals surface area contributed by atoms with Crippen LogP contribution in [0.15, 0.2) is 60.9 Å². The van der Waals surface area contributed by atoms with E-state index in [0.717, 1.165) is 17.2 Å². The van der Waals surface area contributed by atoms with Gasteiger partial charge in [0.15, 0.2) is 0 Å². The summed E-state index contributed by atoms with van der Waals surface area (Å²) >= 11 is 0. The van der Waals surface area contributed by atoms with Gasteiger partial charge in [0.1, 0.15) is 12.4 Å². The topological polar surface area (TPSA) is 42.7 Å². The molecule has 126 valence electrons. The largest absolute Gasteiger partial charge is 0.324 e. The van der Waals surface area contributed by atoms with Gasteiger partial charge in [-0.1, -0.05) is 67.9 Å². The molecule has 25 heavy (non-hydrogen) atoms. The van der Waals surface area contributed by atoms with Gasteiger partial charge in [-0.2, -0.15) is 10.1 Å². The van der Waals surface area contributed by atoms with Gasteiger partial charge in [-0.25, -0.2) is 4.68 Å². The highest BCUT2D eigenvalue weighted by Crippen LogP contribution is 2.32. The lowest BCUT2D eigenvalue weighted by atomic mass is 9.98. The van der Waals surface area contributed by atoms with Gasteiger partial charge < -0.3 is 5.32 Å². The lowest BCUT2D eigenvalue weighted by Gasteiger charge is -2.24. The number of hydrogen-bond acceptors (Lipinski definition) is 3. The highest BCUT2D eigenvalue weighted by molar-refractivity contribution is 5.77. The second-order valence-corrected chi connectivity index (χ2v) is 6.87. The molecule has 1 aliphatic rings. The highest BCUT2D eigenvalue weighted by atomic mass is 15.4. The van der Waals surface area contributed by atoms with Gasteiger partial charge in [0.05, 0.1) is 0 Å². The second-order valence-electron chi connectivity index (χ2n) is 6.87. The van der Waals surface area contributed by atoms with E-state index in [4.69, 9.17) is 0 Å². The number of fused-ring (bicyclic) bond motifs is 1. The Labute approximate surface area is 148 Å². The molecule has 2 aromatic carbocycles. The van der Waals surface area contributed by atoms with Crippen LogP contribution in [0.1, 0.15) is 48.1 Å². The maximum atomic E-state index is 4.40. The average molecular weight is 330 g/mol. The van der Waals surface area contributed by atoms with Crippen LogP contribution in [0, 0.1) is 6.92 Å². The summed E-state index contributed by atoms with van der Waals surface area (Å²) in [4.78, 5) is 4.37. The summed E-state index contributed by atoms with van der Waals surface area (Å²) in [6.45, 7) is 6.52. The van der Waals surface area contributed by atoms with Gasteiger partial charge in [0.2, 0.25) is 5.95 Å². The quantitative estimate of drug-likeness (QED) is 0.752. The monoisotopic (exact) mass is 330 g/mol. The van der Waals surface area contributed by atoms with Crippen LogP contribution < -0.4 is 5.32 Å². The van der Waals surface area contributed by atoms with E-state index in [1.807, 2.05) is 4.68 Å². The third-order valence-electron chi connectivity index (χ3n) is 4.71. The summed E-state index contributed by atoms with van der Waals surface area (Å²) in [6.07, 6.45) is 3.82. The van der Waals surface area contributed by atoms with E-state index in [-0.39, 0.29) is 6.04 Å². The number of rotatable bonds is 3. The summed E-state index contributed by atoms with van der Waals surface area (Å²) in [5, 5.41) is 7.80. The molecular weight excluding hydrogens is 308 g/mol. The predicted molar refractivity (Wildman–Crippen MR) is 101 cm³/mol. The maximum absolute atomic E-state index is 4.40. The van der Waals surface area contributed by atoms with Crippen molar-refractivity contribution in [2.24, 2.45) is 0 Å². The minimum absolute atomic E-state index is 0.0409. The first-order valence-corrected chi connectivity index (χ1v) is 8.67. The number of allylic oxidation sites excluding steroid dienone is 1. The Hall–Kier alpha value is -2.88. The number of aromatic nitrogens is 3. The molecule has 0 saturated heterocycles. The molecule has 1 aliphatic heterocycles. The number of nitrogens with zero attached hydrogens (tertiary/aromatic N) is 3. The predicted octanol–water partition coefficient (Wildman–Crippen LogP) is 4.77. The normalized spacial score (nSPS) is 16.3. The first-order valence-electron chi connectivity index (χ1n) is 8.67. The minimum atomic E-state index is 0.0409. The summed E-state index contributed by atoms with van der Waals surface area (Å²) < 4.78 is 1.93. The molecule has 2 heterocycles. The molecule has 1 unspecified atom stereocenters. The Morgan fingerprint density at radius 1 is 1.00 bits per heavy atom. The number of aryl methyl sites for hydroxylation is 1. The number of nitrogens with one attached hydrogen (secondary N) is 1. The zero-order chi connectivity index (χ0) is 17.4. The van der Waals surface area contributed by atoms with Crippen LogP contribution in [-0.2, 0) is 0 Å². The molecule has 4 rings (SSSR count). The van der Waals surface area contributed by atoms with Gasteiger partial charge in [-0.3, -0.25) is 0 Å². The van der Waals surface area contributed by atoms with Crippen molar-refractivity contribution in [1.82, 2.24) is 14.8 Å². The third-order valence-corrected chi connectivity index (χ3v) is 4.71. The lowest BCUT2D eigenvalue weighted by molar-refractivity contribution is 0.612. The SMILES string of the molecule is Cc1ccc(C2C=C(c3ccc(C(C)C)cc3)Nc3ncnn32)cc1. The van der Waals surface area contributed by atoms with E-state index in [2.05, 4.69) is 90.8 Å². The highest BCUT2D eigenvalue weighted by Gasteiger charge is 2.23. The van der Waals surface area contributed by atoms with Gasteiger partial charge in [-0.05, 0) is 35.6 Å². The van der Waals surface area contributed by atoms with Crippen LogP contribution in [0.3, 0.4) is 0 Å². The van der Waals surface area contributed by atoms with Crippen LogP contribution in [0.5, 0.6) is 0 Å². The maximum Gasteiger partial charge on any atom is 0.226 e. The summed E-state index contributed by atoms with van der Waals surface area (Å²) in [5.74, 6) is 1.31. The number of hydrogen-bond donors (Lipinski definition) is 1. The van der Waals surface area contributed by atoms with Crippen molar-refractivity contribution in [2.75, 3.05) is 5.32 Å². The second kappa shape index (κ2) is 6.20. The molecule has 0 saturated carbocycles. The molecule has 0 fully saturated rings. The van der Waals surface area contributed by atoms with Crippen LogP contribution in [0.2, 0.25) is 0 Å². The summed E-state index contributed by atoms with van der Waals surface area (Å²) in [5.41, 5.74) is 6.04. The Balaban J connectivity index is 1.74. The summed E-state index contributed by atoms with van der Waals surface area (Å²) in [7, 11) is 0. The Morgan fingerprint density at radius 3 is 2.40 bits per heavy atom. The Bertz CT molecular complexity index is 902. The molecule has 0 radical (unpaired) electrons. The molecule has 4 heteroatoms. The van der Waals surface area contributed by atoms with E-state index in [1.165, 1.54) is 16.7 Å². The fourth-order valence-electron chi connectivity index (χ4n) is 3.15. The first kappa shape index (κ1) is 15.6. The molecule has 3 aromatic rings.